The first-order valence-electron chi connectivity index (χ1n) is 7.83. The minimum Gasteiger partial charge on any atom is -0.343 e. The maximum atomic E-state index is 11.9. The lowest BCUT2D eigenvalue weighted by molar-refractivity contribution is -0.115. The molecule has 0 fully saturated rings. The number of anilines is 1. The van der Waals surface area contributed by atoms with Crippen LogP contribution in [0, 0.1) is 0 Å². The average molecular weight is 310 g/mol. The van der Waals surface area contributed by atoms with Crippen LogP contribution < -0.4 is 10.6 Å². The number of carbonyl (C=O) groups is 2. The summed E-state index contributed by atoms with van der Waals surface area (Å²) in [6, 6.07) is 16.6. The molecule has 0 aliphatic heterocycles. The molecule has 4 nitrogen and oxygen atoms in total. The third kappa shape index (κ3) is 4.95. The number of hydrogen-bond acceptors (Lipinski definition) is 2. The van der Waals surface area contributed by atoms with Gasteiger partial charge in [-0.05, 0) is 42.2 Å². The van der Waals surface area contributed by atoms with E-state index in [1.165, 1.54) is 5.56 Å². The summed E-state index contributed by atoms with van der Waals surface area (Å²) in [5, 5.41) is 5.39. The highest BCUT2D eigenvalue weighted by Crippen LogP contribution is 2.20. The van der Waals surface area contributed by atoms with Crippen LogP contribution in [0.2, 0.25) is 0 Å². The van der Waals surface area contributed by atoms with Gasteiger partial charge >= 0.3 is 0 Å². The van der Waals surface area contributed by atoms with Crippen LogP contribution in [-0.4, -0.2) is 18.4 Å². The molecule has 1 unspecified atom stereocenters. The second-order valence-electron chi connectivity index (χ2n) is 5.53. The van der Waals surface area contributed by atoms with E-state index in [0.29, 0.717) is 11.5 Å². The second kappa shape index (κ2) is 8.13. The molecule has 2 aromatic carbocycles. The Morgan fingerprint density at radius 3 is 2.26 bits per heavy atom. The molecule has 2 rings (SSSR count). The lowest BCUT2D eigenvalue weighted by atomic mass is 9.99. The largest absolute Gasteiger partial charge is 0.343 e. The van der Waals surface area contributed by atoms with Crippen LogP contribution in [0.4, 0.5) is 5.69 Å². The Hall–Kier alpha value is -2.62. The summed E-state index contributed by atoms with van der Waals surface area (Å²) in [5.74, 6) is 0.00310. The van der Waals surface area contributed by atoms with Crippen molar-refractivity contribution in [2.45, 2.75) is 26.2 Å². The van der Waals surface area contributed by atoms with Crippen LogP contribution >= 0.6 is 0 Å². The molecule has 2 aromatic rings. The molecule has 0 saturated heterocycles. The number of amides is 2. The fraction of sp³-hybridized carbons (Fsp3) is 0.263. The van der Waals surface area contributed by atoms with Crippen molar-refractivity contribution < 1.29 is 9.59 Å². The zero-order valence-corrected chi connectivity index (χ0v) is 13.5. The first kappa shape index (κ1) is 16.7. The summed E-state index contributed by atoms with van der Waals surface area (Å²) in [5.41, 5.74) is 2.53. The van der Waals surface area contributed by atoms with E-state index in [1.807, 2.05) is 30.3 Å². The standard InChI is InChI=1S/C19H22N2O2/c1-3-14(2)15-9-11-17(12-10-15)21-18(22)13-20-19(23)16-7-5-4-6-8-16/h4-12,14H,3,13H2,1-2H3,(H,20,23)(H,21,22). The number of nitrogens with one attached hydrogen (secondary N) is 2. The SMILES string of the molecule is CCC(C)c1ccc(NC(=O)CNC(=O)c2ccccc2)cc1. The minimum atomic E-state index is -0.257. The van der Waals surface area contributed by atoms with Crippen molar-refractivity contribution in [2.75, 3.05) is 11.9 Å². The molecule has 0 aliphatic rings. The zero-order chi connectivity index (χ0) is 16.7. The first-order valence-corrected chi connectivity index (χ1v) is 7.83. The van der Waals surface area contributed by atoms with Crippen molar-refractivity contribution in [2.24, 2.45) is 0 Å². The summed E-state index contributed by atoms with van der Waals surface area (Å²) < 4.78 is 0. The van der Waals surface area contributed by atoms with Crippen molar-refractivity contribution in [3.63, 3.8) is 0 Å². The van der Waals surface area contributed by atoms with Gasteiger partial charge in [-0.25, -0.2) is 0 Å². The molecule has 23 heavy (non-hydrogen) atoms. The Kier molecular flexibility index (Phi) is 5.92. The van der Waals surface area contributed by atoms with Gasteiger partial charge in [-0.3, -0.25) is 9.59 Å². The molecular weight excluding hydrogens is 288 g/mol. The fourth-order valence-corrected chi connectivity index (χ4v) is 2.19. The van der Waals surface area contributed by atoms with Gasteiger partial charge < -0.3 is 10.6 Å². The van der Waals surface area contributed by atoms with Gasteiger partial charge in [0, 0.05) is 11.3 Å². The molecule has 0 spiro atoms. The highest BCUT2D eigenvalue weighted by molar-refractivity contribution is 5.99. The van der Waals surface area contributed by atoms with Crippen LogP contribution in [0.25, 0.3) is 0 Å². The van der Waals surface area contributed by atoms with E-state index in [9.17, 15) is 9.59 Å². The van der Waals surface area contributed by atoms with Gasteiger partial charge in [-0.15, -0.1) is 0 Å². The molecule has 0 bridgehead atoms. The molecule has 0 saturated carbocycles. The van der Waals surface area contributed by atoms with Crippen molar-refractivity contribution >= 4 is 17.5 Å². The predicted molar refractivity (Wildman–Crippen MR) is 92.6 cm³/mol. The zero-order valence-electron chi connectivity index (χ0n) is 13.5. The van der Waals surface area contributed by atoms with Gasteiger partial charge in [0.15, 0.2) is 0 Å². The molecular formula is C19H22N2O2. The molecule has 0 aliphatic carbocycles. The number of rotatable bonds is 6. The van der Waals surface area contributed by atoms with E-state index in [4.69, 9.17) is 0 Å². The average Bonchev–Trinajstić information content (AvgIpc) is 2.60. The smallest absolute Gasteiger partial charge is 0.251 e. The van der Waals surface area contributed by atoms with E-state index < -0.39 is 0 Å². The van der Waals surface area contributed by atoms with Gasteiger partial charge in [0.2, 0.25) is 5.91 Å². The van der Waals surface area contributed by atoms with Crippen LogP contribution in [0.1, 0.15) is 42.1 Å². The van der Waals surface area contributed by atoms with Gasteiger partial charge in [-0.2, -0.15) is 0 Å². The molecule has 0 radical (unpaired) electrons. The van der Waals surface area contributed by atoms with Crippen LogP contribution in [0.15, 0.2) is 54.6 Å². The Balaban J connectivity index is 1.84. The van der Waals surface area contributed by atoms with Crippen molar-refractivity contribution in [1.82, 2.24) is 5.32 Å². The summed E-state index contributed by atoms with van der Waals surface area (Å²) in [6.45, 7) is 4.27. The molecule has 1 atom stereocenters. The lowest BCUT2D eigenvalue weighted by Crippen LogP contribution is -2.32. The number of benzene rings is 2. The Morgan fingerprint density at radius 2 is 1.65 bits per heavy atom. The quantitative estimate of drug-likeness (QED) is 0.857. The Morgan fingerprint density at radius 1 is 1.00 bits per heavy atom. The lowest BCUT2D eigenvalue weighted by Gasteiger charge is -2.11. The van der Waals surface area contributed by atoms with Crippen molar-refractivity contribution in [1.29, 1.82) is 0 Å². The molecule has 2 N–H and O–H groups in total. The van der Waals surface area contributed by atoms with Gasteiger partial charge in [0.1, 0.15) is 0 Å². The summed E-state index contributed by atoms with van der Waals surface area (Å²) in [7, 11) is 0. The molecule has 0 aromatic heterocycles. The maximum absolute atomic E-state index is 11.9. The Labute approximate surface area is 136 Å². The highest BCUT2D eigenvalue weighted by Gasteiger charge is 2.08. The monoisotopic (exact) mass is 310 g/mol. The summed E-state index contributed by atoms with van der Waals surface area (Å²) in [4.78, 5) is 23.8. The van der Waals surface area contributed by atoms with E-state index in [-0.39, 0.29) is 18.4 Å². The third-order valence-corrected chi connectivity index (χ3v) is 3.82. The molecule has 2 amide bonds. The van der Waals surface area contributed by atoms with Crippen molar-refractivity contribution in [3.8, 4) is 0 Å². The van der Waals surface area contributed by atoms with E-state index in [2.05, 4.69) is 24.5 Å². The second-order valence-corrected chi connectivity index (χ2v) is 5.53. The minimum absolute atomic E-state index is 0.0547. The molecule has 0 heterocycles. The van der Waals surface area contributed by atoms with E-state index in [0.717, 1.165) is 12.1 Å². The predicted octanol–water partition coefficient (Wildman–Crippen LogP) is 3.57. The van der Waals surface area contributed by atoms with Crippen LogP contribution in [0.5, 0.6) is 0 Å². The van der Waals surface area contributed by atoms with Gasteiger partial charge in [0.25, 0.3) is 5.91 Å². The topological polar surface area (TPSA) is 58.2 Å². The van der Waals surface area contributed by atoms with Crippen LogP contribution in [0.3, 0.4) is 0 Å². The summed E-state index contributed by atoms with van der Waals surface area (Å²) in [6.07, 6.45) is 1.08. The molecule has 4 heteroatoms. The number of hydrogen-bond donors (Lipinski definition) is 2. The first-order chi connectivity index (χ1) is 11.1. The number of carbonyl (C=O) groups excluding carboxylic acids is 2. The fourth-order valence-electron chi connectivity index (χ4n) is 2.19. The summed E-state index contributed by atoms with van der Waals surface area (Å²) >= 11 is 0. The van der Waals surface area contributed by atoms with Gasteiger partial charge in [0.05, 0.1) is 6.54 Å². The highest BCUT2D eigenvalue weighted by atomic mass is 16.2. The molecule has 120 valence electrons. The normalized spacial score (nSPS) is 11.6. The van der Waals surface area contributed by atoms with E-state index in [1.54, 1.807) is 24.3 Å². The maximum Gasteiger partial charge on any atom is 0.251 e. The third-order valence-electron chi connectivity index (χ3n) is 3.82. The van der Waals surface area contributed by atoms with Gasteiger partial charge in [-0.1, -0.05) is 44.2 Å². The van der Waals surface area contributed by atoms with Crippen molar-refractivity contribution in [3.05, 3.63) is 65.7 Å². The Bertz CT molecular complexity index is 651. The van der Waals surface area contributed by atoms with E-state index >= 15 is 0 Å². The van der Waals surface area contributed by atoms with Crippen LogP contribution in [-0.2, 0) is 4.79 Å².